The number of fused-ring (bicyclic) bond motifs is 2. The first kappa shape index (κ1) is 14.3. The quantitative estimate of drug-likeness (QED) is 0.728. The Bertz CT molecular complexity index is 242. The Labute approximate surface area is 113 Å². The maximum absolute atomic E-state index is 3.58. The first-order valence-corrected chi connectivity index (χ1v) is 7.82. The molecule has 0 amide bonds. The fraction of sp³-hybridized carbons (Fsp3) is 1.00. The Hall–Kier alpha value is -0.120. The third-order valence-electron chi connectivity index (χ3n) is 4.74. The van der Waals surface area contributed by atoms with Gasteiger partial charge in [-0.1, -0.05) is 13.8 Å². The predicted molar refractivity (Wildman–Crippen MR) is 78.0 cm³/mol. The van der Waals surface area contributed by atoms with E-state index in [9.17, 15) is 0 Å². The van der Waals surface area contributed by atoms with Crippen molar-refractivity contribution in [2.45, 2.75) is 51.6 Å². The van der Waals surface area contributed by atoms with Gasteiger partial charge in [-0.2, -0.15) is 0 Å². The first-order valence-electron chi connectivity index (χ1n) is 7.82. The van der Waals surface area contributed by atoms with Gasteiger partial charge in [0.25, 0.3) is 0 Å². The second-order valence-corrected chi connectivity index (χ2v) is 6.57. The summed E-state index contributed by atoms with van der Waals surface area (Å²) in [7, 11) is 2.33. The van der Waals surface area contributed by atoms with Gasteiger partial charge in [0, 0.05) is 31.7 Å². The van der Waals surface area contributed by atoms with Crippen LogP contribution < -0.4 is 5.32 Å². The first-order chi connectivity index (χ1) is 8.66. The summed E-state index contributed by atoms with van der Waals surface area (Å²) in [5.41, 5.74) is 0. The van der Waals surface area contributed by atoms with Crippen LogP contribution in [0.3, 0.4) is 0 Å². The molecule has 1 N–H and O–H groups in total. The summed E-state index contributed by atoms with van der Waals surface area (Å²) >= 11 is 0. The van der Waals surface area contributed by atoms with Gasteiger partial charge in [0.15, 0.2) is 0 Å². The molecule has 2 aliphatic heterocycles. The summed E-state index contributed by atoms with van der Waals surface area (Å²) in [4.78, 5) is 5.30. The number of nitrogens with one attached hydrogen (secondary N) is 1. The van der Waals surface area contributed by atoms with E-state index in [0.717, 1.165) is 24.5 Å². The molecule has 0 radical (unpaired) electrons. The Balaban J connectivity index is 1.62. The van der Waals surface area contributed by atoms with Crippen LogP contribution in [0.4, 0.5) is 0 Å². The van der Waals surface area contributed by atoms with E-state index in [-0.39, 0.29) is 0 Å². The summed E-state index contributed by atoms with van der Waals surface area (Å²) in [5, 5.41) is 3.58. The lowest BCUT2D eigenvalue weighted by Gasteiger charge is -2.25. The lowest BCUT2D eigenvalue weighted by atomic mass is 10.1. The van der Waals surface area contributed by atoms with Crippen LogP contribution in [-0.4, -0.2) is 61.7 Å². The minimum atomic E-state index is 0.820. The molecule has 3 heteroatoms. The second-order valence-electron chi connectivity index (χ2n) is 6.57. The van der Waals surface area contributed by atoms with E-state index in [0.29, 0.717) is 0 Å². The van der Waals surface area contributed by atoms with Crippen LogP contribution in [-0.2, 0) is 0 Å². The molecule has 0 aromatic carbocycles. The Kier molecular flexibility index (Phi) is 5.46. The molecule has 0 aliphatic carbocycles. The summed E-state index contributed by atoms with van der Waals surface area (Å²) in [6.07, 6.45) is 5.52. The van der Waals surface area contributed by atoms with Crippen LogP contribution >= 0.6 is 0 Å². The van der Waals surface area contributed by atoms with Crippen LogP contribution in [0.15, 0.2) is 0 Å². The molecule has 18 heavy (non-hydrogen) atoms. The average molecular weight is 253 g/mol. The topological polar surface area (TPSA) is 18.5 Å². The third-order valence-corrected chi connectivity index (χ3v) is 4.74. The molecular weight excluding hydrogens is 222 g/mol. The van der Waals surface area contributed by atoms with Crippen molar-refractivity contribution in [3.05, 3.63) is 0 Å². The van der Waals surface area contributed by atoms with E-state index in [2.05, 4.69) is 36.0 Å². The zero-order valence-corrected chi connectivity index (χ0v) is 12.5. The summed E-state index contributed by atoms with van der Waals surface area (Å²) in [6.45, 7) is 10.8. The minimum Gasteiger partial charge on any atom is -0.315 e. The molecule has 2 atom stereocenters. The molecule has 2 saturated heterocycles. The van der Waals surface area contributed by atoms with E-state index in [4.69, 9.17) is 0 Å². The van der Waals surface area contributed by atoms with E-state index in [1.165, 1.54) is 51.9 Å². The molecule has 2 rings (SSSR count). The molecule has 0 aromatic heterocycles. The lowest BCUT2D eigenvalue weighted by molar-refractivity contribution is 0.219. The Morgan fingerprint density at radius 1 is 1.11 bits per heavy atom. The van der Waals surface area contributed by atoms with Crippen molar-refractivity contribution in [1.29, 1.82) is 0 Å². The molecule has 3 nitrogen and oxygen atoms in total. The molecule has 106 valence electrons. The number of rotatable bonds is 6. The fourth-order valence-electron chi connectivity index (χ4n) is 3.34. The predicted octanol–water partition coefficient (Wildman–Crippen LogP) is 1.79. The van der Waals surface area contributed by atoms with Crippen LogP contribution in [0.2, 0.25) is 0 Å². The molecule has 2 bridgehead atoms. The Morgan fingerprint density at radius 3 is 2.67 bits per heavy atom. The number of hydrogen-bond donors (Lipinski definition) is 1. The molecular formula is C15H31N3. The molecule has 2 fully saturated rings. The van der Waals surface area contributed by atoms with E-state index >= 15 is 0 Å². The molecule has 0 spiro atoms. The maximum atomic E-state index is 3.58. The molecule has 0 aromatic rings. The summed E-state index contributed by atoms with van der Waals surface area (Å²) in [5.74, 6) is 0.820. The highest BCUT2D eigenvalue weighted by molar-refractivity contribution is 4.91. The van der Waals surface area contributed by atoms with Crippen molar-refractivity contribution < 1.29 is 0 Å². The minimum absolute atomic E-state index is 0.820. The van der Waals surface area contributed by atoms with Gasteiger partial charge in [-0.05, 0) is 51.7 Å². The van der Waals surface area contributed by atoms with Gasteiger partial charge < -0.3 is 10.2 Å². The van der Waals surface area contributed by atoms with E-state index in [1.54, 1.807) is 0 Å². The van der Waals surface area contributed by atoms with Crippen molar-refractivity contribution in [1.82, 2.24) is 15.1 Å². The smallest absolute Gasteiger partial charge is 0.0223 e. The van der Waals surface area contributed by atoms with E-state index in [1.807, 2.05) is 0 Å². The SMILES string of the molecule is CC(C)CCNCCN1CCC2CCC(C1)N2C. The van der Waals surface area contributed by atoms with Crippen molar-refractivity contribution >= 4 is 0 Å². The van der Waals surface area contributed by atoms with E-state index < -0.39 is 0 Å². The highest BCUT2D eigenvalue weighted by Crippen LogP contribution is 2.28. The van der Waals surface area contributed by atoms with Gasteiger partial charge in [0.05, 0.1) is 0 Å². The Morgan fingerprint density at radius 2 is 1.89 bits per heavy atom. The molecule has 0 saturated carbocycles. The van der Waals surface area contributed by atoms with Gasteiger partial charge in [-0.3, -0.25) is 4.90 Å². The summed E-state index contributed by atoms with van der Waals surface area (Å²) < 4.78 is 0. The number of nitrogens with zero attached hydrogens (tertiary/aromatic N) is 2. The number of likely N-dealkylation sites (tertiary alicyclic amines) is 1. The standard InChI is InChI=1S/C15H31N3/c1-13(2)6-8-16-9-11-18-10-7-14-4-5-15(12-18)17(14)3/h13-16H,4-12H2,1-3H3. The number of likely N-dealkylation sites (N-methyl/N-ethyl adjacent to an activating group) is 1. The molecule has 2 unspecified atom stereocenters. The van der Waals surface area contributed by atoms with Gasteiger partial charge in [-0.15, -0.1) is 0 Å². The third kappa shape index (κ3) is 3.94. The van der Waals surface area contributed by atoms with Crippen molar-refractivity contribution in [3.63, 3.8) is 0 Å². The second kappa shape index (κ2) is 6.88. The average Bonchev–Trinajstić information content (AvgIpc) is 2.55. The highest BCUT2D eigenvalue weighted by Gasteiger charge is 2.34. The molecule has 2 heterocycles. The zero-order valence-electron chi connectivity index (χ0n) is 12.5. The van der Waals surface area contributed by atoms with Gasteiger partial charge >= 0.3 is 0 Å². The monoisotopic (exact) mass is 253 g/mol. The summed E-state index contributed by atoms with van der Waals surface area (Å²) in [6, 6.07) is 1.70. The van der Waals surface area contributed by atoms with Gasteiger partial charge in [-0.25, -0.2) is 0 Å². The van der Waals surface area contributed by atoms with Crippen LogP contribution in [0.1, 0.15) is 39.5 Å². The van der Waals surface area contributed by atoms with Crippen LogP contribution in [0.25, 0.3) is 0 Å². The normalized spacial score (nSPS) is 30.0. The van der Waals surface area contributed by atoms with Crippen molar-refractivity contribution in [2.75, 3.05) is 39.8 Å². The fourth-order valence-corrected chi connectivity index (χ4v) is 3.34. The molecule has 2 aliphatic rings. The zero-order chi connectivity index (χ0) is 13.0. The van der Waals surface area contributed by atoms with Crippen molar-refractivity contribution in [2.24, 2.45) is 5.92 Å². The largest absolute Gasteiger partial charge is 0.315 e. The van der Waals surface area contributed by atoms with Crippen molar-refractivity contribution in [3.8, 4) is 0 Å². The maximum Gasteiger partial charge on any atom is 0.0223 e. The van der Waals surface area contributed by atoms with Gasteiger partial charge in [0.2, 0.25) is 0 Å². The highest BCUT2D eigenvalue weighted by atomic mass is 15.3. The van der Waals surface area contributed by atoms with Crippen LogP contribution in [0.5, 0.6) is 0 Å². The lowest BCUT2D eigenvalue weighted by Crippen LogP contribution is -2.39. The number of hydrogen-bond acceptors (Lipinski definition) is 3. The van der Waals surface area contributed by atoms with Crippen LogP contribution in [0, 0.1) is 5.92 Å². The van der Waals surface area contributed by atoms with Gasteiger partial charge in [0.1, 0.15) is 0 Å².